The van der Waals surface area contributed by atoms with Crippen LogP contribution >= 0.6 is 0 Å². The Kier molecular flexibility index (Phi) is 6.20. The normalized spacial score (nSPS) is 16.0. The van der Waals surface area contributed by atoms with Crippen LogP contribution in [0.5, 0.6) is 0 Å². The molecule has 6 nitrogen and oxygen atoms in total. The van der Waals surface area contributed by atoms with E-state index in [0.717, 1.165) is 22.1 Å². The third-order valence-electron chi connectivity index (χ3n) is 5.58. The second-order valence-electron chi connectivity index (χ2n) is 9.06. The number of nitrogens with zero attached hydrogens (tertiary/aromatic N) is 2. The molecule has 4 rings (SSSR count). The zero-order valence-corrected chi connectivity index (χ0v) is 18.7. The lowest BCUT2D eigenvalue weighted by molar-refractivity contribution is -0.0334. The zero-order valence-electron chi connectivity index (χ0n) is 18.7. The topological polar surface area (TPSA) is 75.7 Å². The van der Waals surface area contributed by atoms with E-state index >= 15 is 0 Å². The highest BCUT2D eigenvalue weighted by Crippen LogP contribution is 2.37. The van der Waals surface area contributed by atoms with Crippen molar-refractivity contribution in [2.75, 3.05) is 13.1 Å². The highest BCUT2D eigenvalue weighted by Gasteiger charge is 2.31. The lowest BCUT2D eigenvalue weighted by Gasteiger charge is -2.35. The van der Waals surface area contributed by atoms with E-state index in [9.17, 15) is 10.1 Å². The van der Waals surface area contributed by atoms with Crippen molar-refractivity contribution in [3.8, 4) is 6.07 Å². The fourth-order valence-corrected chi connectivity index (χ4v) is 4.08. The van der Waals surface area contributed by atoms with Gasteiger partial charge in [0.1, 0.15) is 17.3 Å². The number of fused-ring (bicyclic) bond motifs is 1. The number of furan rings is 1. The van der Waals surface area contributed by atoms with Crippen molar-refractivity contribution in [2.45, 2.75) is 51.4 Å². The Morgan fingerprint density at radius 2 is 1.84 bits per heavy atom. The molecule has 0 bridgehead atoms. The predicted octanol–water partition coefficient (Wildman–Crippen LogP) is 5.81. The van der Waals surface area contributed by atoms with Gasteiger partial charge in [-0.1, -0.05) is 30.3 Å². The van der Waals surface area contributed by atoms with Crippen LogP contribution in [0.2, 0.25) is 0 Å². The molecule has 1 aliphatic heterocycles. The van der Waals surface area contributed by atoms with E-state index in [1.165, 1.54) is 0 Å². The molecular weight excluding hydrogens is 404 g/mol. The van der Waals surface area contributed by atoms with Gasteiger partial charge in [-0.15, -0.1) is 0 Å². The largest absolute Gasteiger partial charge is 0.464 e. The van der Waals surface area contributed by atoms with Gasteiger partial charge in [0, 0.05) is 24.0 Å². The van der Waals surface area contributed by atoms with Crippen molar-refractivity contribution in [2.24, 2.45) is 0 Å². The smallest absolute Gasteiger partial charge is 0.410 e. The Balaban J connectivity index is 1.58. The fourth-order valence-electron chi connectivity index (χ4n) is 4.08. The van der Waals surface area contributed by atoms with Crippen LogP contribution in [0, 0.1) is 11.3 Å². The van der Waals surface area contributed by atoms with Crippen molar-refractivity contribution in [3.63, 3.8) is 0 Å². The van der Waals surface area contributed by atoms with E-state index in [1.54, 1.807) is 17.2 Å². The van der Waals surface area contributed by atoms with Gasteiger partial charge in [-0.3, -0.25) is 0 Å². The van der Waals surface area contributed by atoms with Crippen LogP contribution in [0.25, 0.3) is 11.0 Å². The molecule has 0 saturated carbocycles. The fraction of sp³-hybridized carbons (Fsp3) is 0.385. The average Bonchev–Trinajstić information content (AvgIpc) is 3.26. The molecule has 32 heavy (non-hydrogen) atoms. The average molecular weight is 433 g/mol. The van der Waals surface area contributed by atoms with Crippen LogP contribution < -0.4 is 0 Å². The number of nitriles is 1. The first-order chi connectivity index (χ1) is 15.4. The molecule has 1 amide bonds. The first-order valence-corrected chi connectivity index (χ1v) is 10.9. The van der Waals surface area contributed by atoms with Crippen LogP contribution in [-0.4, -0.2) is 35.8 Å². The third kappa shape index (κ3) is 4.79. The van der Waals surface area contributed by atoms with E-state index < -0.39 is 11.7 Å². The second kappa shape index (κ2) is 9.05. The van der Waals surface area contributed by atoms with Gasteiger partial charge in [0.25, 0.3) is 0 Å². The number of piperidine rings is 1. The van der Waals surface area contributed by atoms with Crippen LogP contribution in [0.4, 0.5) is 4.79 Å². The molecule has 0 spiro atoms. The van der Waals surface area contributed by atoms with Crippen LogP contribution in [-0.2, 0) is 9.47 Å². The van der Waals surface area contributed by atoms with Gasteiger partial charge < -0.3 is 18.8 Å². The molecule has 166 valence electrons. The molecule has 1 unspecified atom stereocenters. The zero-order chi connectivity index (χ0) is 22.7. The molecule has 2 heterocycles. The van der Waals surface area contributed by atoms with Crippen LogP contribution in [0.15, 0.2) is 59.2 Å². The number of hydrogen-bond donors (Lipinski definition) is 0. The van der Waals surface area contributed by atoms with Crippen molar-refractivity contribution in [1.82, 2.24) is 4.90 Å². The van der Waals surface area contributed by atoms with Crippen molar-refractivity contribution >= 4 is 17.1 Å². The standard InChI is InChI=1S/C26H28N2O4/c1-26(2,3)32-25(29)28-14-11-20(12-15-28)31-24(18-7-5-4-6-8-18)23-19(17-27)9-10-22-21(23)13-16-30-22/h4-10,13,16,20,24H,11-12,14-15H2,1-3H3. The summed E-state index contributed by atoms with van der Waals surface area (Å²) in [6.07, 6.45) is 2.29. The number of hydrogen-bond acceptors (Lipinski definition) is 5. The number of benzene rings is 2. The van der Waals surface area contributed by atoms with Crippen LogP contribution in [0.3, 0.4) is 0 Å². The maximum Gasteiger partial charge on any atom is 0.410 e. The minimum Gasteiger partial charge on any atom is -0.464 e. The highest BCUT2D eigenvalue weighted by molar-refractivity contribution is 5.84. The van der Waals surface area contributed by atoms with Gasteiger partial charge >= 0.3 is 6.09 Å². The summed E-state index contributed by atoms with van der Waals surface area (Å²) in [6, 6.07) is 17.7. The minimum atomic E-state index is -0.514. The summed E-state index contributed by atoms with van der Waals surface area (Å²) in [5.41, 5.74) is 2.58. The molecule has 0 aliphatic carbocycles. The van der Waals surface area contributed by atoms with Gasteiger partial charge in [0.15, 0.2) is 0 Å². The van der Waals surface area contributed by atoms with Crippen molar-refractivity contribution < 1.29 is 18.7 Å². The summed E-state index contributed by atoms with van der Waals surface area (Å²) >= 11 is 0. The van der Waals surface area contributed by atoms with Crippen LogP contribution in [0.1, 0.15) is 56.4 Å². The molecule has 2 aromatic carbocycles. The number of carbonyl (C=O) groups is 1. The summed E-state index contributed by atoms with van der Waals surface area (Å²) in [7, 11) is 0. The summed E-state index contributed by atoms with van der Waals surface area (Å²) in [4.78, 5) is 14.1. The van der Waals surface area contributed by atoms with Crippen molar-refractivity contribution in [3.05, 3.63) is 71.5 Å². The Labute approximate surface area is 188 Å². The number of carbonyl (C=O) groups excluding carboxylic acids is 1. The molecule has 1 aliphatic rings. The van der Waals surface area contributed by atoms with E-state index in [1.807, 2.05) is 63.2 Å². The van der Waals surface area contributed by atoms with E-state index in [4.69, 9.17) is 13.9 Å². The van der Waals surface area contributed by atoms with Gasteiger partial charge in [0.2, 0.25) is 0 Å². The summed E-state index contributed by atoms with van der Waals surface area (Å²) < 4.78 is 17.7. The maximum absolute atomic E-state index is 12.4. The van der Waals surface area contributed by atoms with Gasteiger partial charge in [-0.2, -0.15) is 5.26 Å². The van der Waals surface area contributed by atoms with Gasteiger partial charge in [0.05, 0.1) is 24.0 Å². The minimum absolute atomic E-state index is 0.0485. The summed E-state index contributed by atoms with van der Waals surface area (Å²) in [6.45, 7) is 6.75. The van der Waals surface area contributed by atoms with Gasteiger partial charge in [-0.05, 0) is 57.4 Å². The monoisotopic (exact) mass is 432 g/mol. The number of amides is 1. The lowest BCUT2D eigenvalue weighted by atomic mass is 9.93. The SMILES string of the molecule is CC(C)(C)OC(=O)N1CCC(OC(c2ccccc2)c2c(C#N)ccc3occc23)CC1. The predicted molar refractivity (Wildman–Crippen MR) is 121 cm³/mol. The Morgan fingerprint density at radius 1 is 1.12 bits per heavy atom. The van der Waals surface area contributed by atoms with Crippen molar-refractivity contribution in [1.29, 1.82) is 5.26 Å². The first kappa shape index (κ1) is 21.9. The lowest BCUT2D eigenvalue weighted by Crippen LogP contribution is -2.43. The van der Waals surface area contributed by atoms with E-state index in [0.29, 0.717) is 31.5 Å². The molecule has 6 heteroatoms. The summed E-state index contributed by atoms with van der Waals surface area (Å²) in [5, 5.41) is 10.7. The second-order valence-corrected chi connectivity index (χ2v) is 9.06. The quantitative estimate of drug-likeness (QED) is 0.520. The third-order valence-corrected chi connectivity index (χ3v) is 5.58. The number of likely N-dealkylation sites (tertiary alicyclic amines) is 1. The highest BCUT2D eigenvalue weighted by atomic mass is 16.6. The van der Waals surface area contributed by atoms with Gasteiger partial charge in [-0.25, -0.2) is 4.79 Å². The molecule has 3 aromatic rings. The Hall–Kier alpha value is -3.30. The van der Waals surface area contributed by atoms with E-state index in [2.05, 4.69) is 6.07 Å². The summed E-state index contributed by atoms with van der Waals surface area (Å²) in [5.74, 6) is 0. The molecule has 1 atom stereocenters. The number of rotatable bonds is 4. The Bertz CT molecular complexity index is 1120. The molecule has 0 N–H and O–H groups in total. The molecule has 1 fully saturated rings. The maximum atomic E-state index is 12.4. The molecular formula is C26H28N2O4. The molecule has 0 radical (unpaired) electrons. The molecule has 1 aromatic heterocycles. The number of ether oxygens (including phenoxy) is 2. The van der Waals surface area contributed by atoms with E-state index in [-0.39, 0.29) is 12.2 Å². The Morgan fingerprint density at radius 3 is 2.50 bits per heavy atom. The molecule has 1 saturated heterocycles. The first-order valence-electron chi connectivity index (χ1n) is 10.9.